The molecule has 10 heteroatoms. The molecule has 4 N–H and O–H groups in total. The quantitative estimate of drug-likeness (QED) is 0.591. The number of hydrogen-bond donors (Lipinski definition) is 3. The van der Waals surface area contributed by atoms with E-state index in [-0.39, 0.29) is 15.8 Å². The lowest BCUT2D eigenvalue weighted by atomic mass is 10.1. The predicted octanol–water partition coefficient (Wildman–Crippen LogP) is 0.516. The van der Waals surface area contributed by atoms with Crippen LogP contribution in [0.3, 0.4) is 0 Å². The van der Waals surface area contributed by atoms with Gasteiger partial charge in [0.05, 0.1) is 11.9 Å². The molecule has 104 valence electrons. The zero-order chi connectivity index (χ0) is 14.5. The fraction of sp³-hybridized carbons (Fsp3) is 0. The molecule has 2 heterocycles. The van der Waals surface area contributed by atoms with Gasteiger partial charge >= 0.3 is 0 Å². The van der Waals surface area contributed by atoms with Gasteiger partial charge in [0.25, 0.3) is 10.0 Å². The van der Waals surface area contributed by atoms with E-state index in [0.717, 1.165) is 11.3 Å². The Morgan fingerprint density at radius 1 is 1.25 bits per heavy atom. The molecule has 3 rings (SSSR count). The van der Waals surface area contributed by atoms with Gasteiger partial charge in [0, 0.05) is 5.56 Å². The van der Waals surface area contributed by atoms with Crippen molar-refractivity contribution in [2.45, 2.75) is 4.34 Å². The lowest BCUT2D eigenvalue weighted by Crippen LogP contribution is -2.12. The van der Waals surface area contributed by atoms with Gasteiger partial charge in [0.1, 0.15) is 0 Å². The van der Waals surface area contributed by atoms with E-state index in [0.29, 0.717) is 16.2 Å². The summed E-state index contributed by atoms with van der Waals surface area (Å²) in [6, 6.07) is 4.19. The Labute approximate surface area is 116 Å². The Morgan fingerprint density at radius 2 is 2.00 bits per heavy atom. The van der Waals surface area contributed by atoms with E-state index in [1.807, 2.05) is 0 Å². The van der Waals surface area contributed by atoms with Gasteiger partial charge in [0.15, 0.2) is 11.5 Å². The minimum Gasteiger partial charge on any atom is -0.504 e. The Bertz CT molecular complexity index is 913. The van der Waals surface area contributed by atoms with Crippen molar-refractivity contribution in [2.24, 2.45) is 5.14 Å². The van der Waals surface area contributed by atoms with Crippen molar-refractivity contribution in [3.63, 3.8) is 0 Å². The number of aromatic nitrogens is 3. The Kier molecular flexibility index (Phi) is 2.67. The van der Waals surface area contributed by atoms with Gasteiger partial charge in [-0.3, -0.25) is 0 Å². The number of benzene rings is 1. The Hall–Kier alpha value is -2.17. The minimum absolute atomic E-state index is 0.246. The summed E-state index contributed by atoms with van der Waals surface area (Å²) < 4.78 is 23.6. The first-order valence-corrected chi connectivity index (χ1v) is 7.62. The fourth-order valence-electron chi connectivity index (χ4n) is 1.67. The first-order chi connectivity index (χ1) is 9.36. The molecular formula is C10H8N4O4S2. The third-order valence-corrected chi connectivity index (χ3v) is 4.81. The highest BCUT2D eigenvalue weighted by Gasteiger charge is 2.18. The van der Waals surface area contributed by atoms with Gasteiger partial charge < -0.3 is 10.2 Å². The van der Waals surface area contributed by atoms with Crippen LogP contribution in [-0.2, 0) is 10.0 Å². The average Bonchev–Trinajstić information content (AvgIpc) is 2.91. The summed E-state index contributed by atoms with van der Waals surface area (Å²) in [4.78, 5) is 4.39. The van der Waals surface area contributed by atoms with Gasteiger partial charge in [-0.1, -0.05) is 11.3 Å². The van der Waals surface area contributed by atoms with Crippen LogP contribution < -0.4 is 5.14 Å². The number of aromatic hydroxyl groups is 2. The van der Waals surface area contributed by atoms with Crippen LogP contribution in [0.25, 0.3) is 16.2 Å². The number of primary sulfonamides is 1. The molecule has 0 aliphatic carbocycles. The molecule has 1 aromatic carbocycles. The second kappa shape index (κ2) is 4.16. The third kappa shape index (κ3) is 1.99. The summed E-state index contributed by atoms with van der Waals surface area (Å²) in [6.07, 6.45) is 1.48. The zero-order valence-electron chi connectivity index (χ0n) is 9.76. The zero-order valence-corrected chi connectivity index (χ0v) is 11.4. The molecule has 20 heavy (non-hydrogen) atoms. The van der Waals surface area contributed by atoms with Crippen molar-refractivity contribution in [1.82, 2.24) is 14.6 Å². The van der Waals surface area contributed by atoms with E-state index in [2.05, 4.69) is 10.1 Å². The molecule has 0 bridgehead atoms. The Morgan fingerprint density at radius 3 is 2.65 bits per heavy atom. The number of phenols is 2. The van der Waals surface area contributed by atoms with Crippen molar-refractivity contribution in [3.8, 4) is 22.8 Å². The molecule has 0 amide bonds. The second-order valence-electron chi connectivity index (χ2n) is 3.95. The highest BCUT2D eigenvalue weighted by Crippen LogP contribution is 2.31. The van der Waals surface area contributed by atoms with Gasteiger partial charge in [-0.25, -0.2) is 23.1 Å². The summed E-state index contributed by atoms with van der Waals surface area (Å²) in [7, 11) is -3.89. The number of hydrogen-bond acceptors (Lipinski definition) is 7. The van der Waals surface area contributed by atoms with Crippen LogP contribution >= 0.6 is 11.3 Å². The molecule has 0 aliphatic heterocycles. The van der Waals surface area contributed by atoms with E-state index in [4.69, 9.17) is 5.14 Å². The monoisotopic (exact) mass is 312 g/mol. The number of nitrogens with zero attached hydrogens (tertiary/aromatic N) is 3. The minimum atomic E-state index is -3.89. The van der Waals surface area contributed by atoms with Crippen molar-refractivity contribution in [2.75, 3.05) is 0 Å². The van der Waals surface area contributed by atoms with Crippen LogP contribution in [0.1, 0.15) is 0 Å². The van der Waals surface area contributed by atoms with Gasteiger partial charge in [-0.2, -0.15) is 0 Å². The fourth-order valence-corrected chi connectivity index (χ4v) is 3.16. The SMILES string of the molecule is NS(=O)(=O)c1nn2c(-c3ccc(O)c(O)c3)cnc2s1. The van der Waals surface area contributed by atoms with E-state index in [1.54, 1.807) is 6.07 Å². The first-order valence-electron chi connectivity index (χ1n) is 5.26. The topological polar surface area (TPSA) is 131 Å². The normalized spacial score (nSPS) is 12.1. The third-order valence-electron chi connectivity index (χ3n) is 2.58. The highest BCUT2D eigenvalue weighted by molar-refractivity contribution is 7.91. The highest BCUT2D eigenvalue weighted by atomic mass is 32.2. The molecule has 0 spiro atoms. The van der Waals surface area contributed by atoms with E-state index in [9.17, 15) is 18.6 Å². The molecule has 3 aromatic rings. The Balaban J connectivity index is 2.21. The standard InChI is InChI=1S/C10H8N4O4S2/c11-20(17,18)10-13-14-6(4-12-9(14)19-10)5-1-2-7(15)8(16)3-5/h1-4,15-16H,(H2,11,17,18). The maximum absolute atomic E-state index is 11.3. The summed E-state index contributed by atoms with van der Waals surface area (Å²) >= 11 is 0.843. The van der Waals surface area contributed by atoms with Crippen molar-refractivity contribution in [1.29, 1.82) is 0 Å². The van der Waals surface area contributed by atoms with Crippen LogP contribution in [0, 0.1) is 0 Å². The molecule has 0 unspecified atom stereocenters. The van der Waals surface area contributed by atoms with E-state index < -0.39 is 10.0 Å². The predicted molar refractivity (Wildman–Crippen MR) is 71.0 cm³/mol. The summed E-state index contributed by atoms with van der Waals surface area (Å²) in [5, 5.41) is 27.7. The van der Waals surface area contributed by atoms with Crippen LogP contribution in [0.4, 0.5) is 0 Å². The number of rotatable bonds is 2. The molecule has 2 aromatic heterocycles. The van der Waals surface area contributed by atoms with Crippen molar-refractivity contribution in [3.05, 3.63) is 24.4 Å². The van der Waals surface area contributed by atoms with Crippen LogP contribution in [-0.4, -0.2) is 33.2 Å². The molecular weight excluding hydrogens is 304 g/mol. The molecule has 0 fully saturated rings. The lowest BCUT2D eigenvalue weighted by Gasteiger charge is -2.01. The lowest BCUT2D eigenvalue weighted by molar-refractivity contribution is 0.404. The maximum atomic E-state index is 11.3. The molecule has 0 aliphatic rings. The molecule has 0 saturated heterocycles. The number of phenolic OH excluding ortho intramolecular Hbond substituents is 2. The van der Waals surface area contributed by atoms with Gasteiger partial charge in [0.2, 0.25) is 9.30 Å². The second-order valence-corrected chi connectivity index (χ2v) is 6.65. The van der Waals surface area contributed by atoms with Gasteiger partial charge in [-0.15, -0.1) is 5.10 Å². The first kappa shape index (κ1) is 12.8. The molecule has 8 nitrogen and oxygen atoms in total. The smallest absolute Gasteiger partial charge is 0.267 e. The number of sulfonamides is 1. The largest absolute Gasteiger partial charge is 0.504 e. The number of fused-ring (bicyclic) bond motifs is 1. The summed E-state index contributed by atoms with van der Waals surface area (Å²) in [5.74, 6) is -0.544. The molecule has 0 radical (unpaired) electrons. The van der Waals surface area contributed by atoms with E-state index >= 15 is 0 Å². The van der Waals surface area contributed by atoms with E-state index in [1.165, 1.54) is 22.8 Å². The summed E-state index contributed by atoms with van der Waals surface area (Å²) in [5.41, 5.74) is 1.00. The van der Waals surface area contributed by atoms with Crippen molar-refractivity contribution >= 4 is 26.3 Å². The summed E-state index contributed by atoms with van der Waals surface area (Å²) in [6.45, 7) is 0. The van der Waals surface area contributed by atoms with Crippen LogP contribution in [0.15, 0.2) is 28.7 Å². The van der Waals surface area contributed by atoms with Crippen LogP contribution in [0.5, 0.6) is 11.5 Å². The van der Waals surface area contributed by atoms with Crippen molar-refractivity contribution < 1.29 is 18.6 Å². The molecule has 0 atom stereocenters. The van der Waals surface area contributed by atoms with Crippen LogP contribution in [0.2, 0.25) is 0 Å². The maximum Gasteiger partial charge on any atom is 0.267 e. The number of nitrogens with two attached hydrogens (primary N) is 1. The number of imidazole rings is 1. The average molecular weight is 312 g/mol. The molecule has 0 saturated carbocycles. The van der Waals surface area contributed by atoms with Gasteiger partial charge in [-0.05, 0) is 18.2 Å².